The largest absolute Gasteiger partial charge is 0.381 e. The van der Waals surface area contributed by atoms with E-state index in [1.807, 2.05) is 10.9 Å². The third kappa shape index (κ3) is 5.70. The molecule has 0 aliphatic heterocycles. The molecule has 1 aromatic rings. The Morgan fingerprint density at radius 2 is 2.05 bits per heavy atom. The summed E-state index contributed by atoms with van der Waals surface area (Å²) in [4.78, 5) is 0. The van der Waals surface area contributed by atoms with E-state index < -0.39 is 0 Å². The second kappa shape index (κ2) is 9.92. The maximum absolute atomic E-state index is 5.60. The van der Waals surface area contributed by atoms with Gasteiger partial charge in [0.05, 0.1) is 17.9 Å². The predicted molar refractivity (Wildman–Crippen MR) is 77.1 cm³/mol. The van der Waals surface area contributed by atoms with Gasteiger partial charge >= 0.3 is 0 Å². The number of hydrogen-bond acceptors (Lipinski definition) is 4. The number of nitrogens with one attached hydrogen (secondary N) is 1. The van der Waals surface area contributed by atoms with Gasteiger partial charge in [0.1, 0.15) is 0 Å². The highest BCUT2D eigenvalue weighted by Gasteiger charge is 2.16. The Kier molecular flexibility index (Phi) is 8.41. The van der Waals surface area contributed by atoms with Gasteiger partial charge in [-0.25, -0.2) is 4.68 Å². The van der Waals surface area contributed by atoms with Crippen molar-refractivity contribution in [3.63, 3.8) is 0 Å². The highest BCUT2D eigenvalue weighted by atomic mass is 16.5. The van der Waals surface area contributed by atoms with Crippen molar-refractivity contribution < 1.29 is 4.74 Å². The maximum Gasteiger partial charge on any atom is 0.0757 e. The number of rotatable bonds is 11. The Morgan fingerprint density at radius 1 is 1.21 bits per heavy atom. The first-order valence-electron chi connectivity index (χ1n) is 7.52. The van der Waals surface area contributed by atoms with Crippen LogP contribution in [0.5, 0.6) is 0 Å². The second-order valence-corrected chi connectivity index (χ2v) is 4.79. The van der Waals surface area contributed by atoms with E-state index in [-0.39, 0.29) is 0 Å². The highest BCUT2D eigenvalue weighted by Crippen LogP contribution is 2.16. The molecular formula is C14H28N4O. The quantitative estimate of drug-likeness (QED) is 0.627. The molecule has 0 radical (unpaired) electrons. The molecule has 5 heteroatoms. The van der Waals surface area contributed by atoms with Gasteiger partial charge in [-0.15, -0.1) is 5.10 Å². The first kappa shape index (κ1) is 16.1. The van der Waals surface area contributed by atoms with Crippen LogP contribution in [0.15, 0.2) is 6.20 Å². The fourth-order valence-electron chi connectivity index (χ4n) is 2.04. The molecule has 1 unspecified atom stereocenters. The minimum Gasteiger partial charge on any atom is -0.381 e. The summed E-state index contributed by atoms with van der Waals surface area (Å²) in [6.45, 7) is 10.0. The van der Waals surface area contributed by atoms with Crippen LogP contribution in [-0.2, 0) is 11.3 Å². The lowest BCUT2D eigenvalue weighted by atomic mass is 10.1. The van der Waals surface area contributed by atoms with Gasteiger partial charge in [0.15, 0.2) is 0 Å². The zero-order valence-electron chi connectivity index (χ0n) is 12.6. The molecule has 1 atom stereocenters. The van der Waals surface area contributed by atoms with E-state index in [0.717, 1.165) is 52.0 Å². The molecule has 1 heterocycles. The number of ether oxygens (including phenoxy) is 1. The van der Waals surface area contributed by atoms with Gasteiger partial charge in [0, 0.05) is 19.8 Å². The van der Waals surface area contributed by atoms with Crippen molar-refractivity contribution in [3.05, 3.63) is 11.9 Å². The van der Waals surface area contributed by atoms with E-state index in [1.165, 1.54) is 5.69 Å². The molecule has 0 aliphatic carbocycles. The van der Waals surface area contributed by atoms with E-state index in [1.54, 1.807) is 0 Å². The Balaban J connectivity index is 2.57. The van der Waals surface area contributed by atoms with Crippen molar-refractivity contribution in [2.24, 2.45) is 0 Å². The van der Waals surface area contributed by atoms with Crippen LogP contribution in [0.3, 0.4) is 0 Å². The van der Waals surface area contributed by atoms with E-state index >= 15 is 0 Å². The van der Waals surface area contributed by atoms with Crippen molar-refractivity contribution in [3.8, 4) is 0 Å². The topological polar surface area (TPSA) is 52.0 Å². The third-order valence-corrected chi connectivity index (χ3v) is 2.98. The number of nitrogens with zero attached hydrogens (tertiary/aromatic N) is 3. The lowest BCUT2D eigenvalue weighted by Gasteiger charge is -2.19. The highest BCUT2D eigenvalue weighted by molar-refractivity contribution is 5.02. The molecular weight excluding hydrogens is 240 g/mol. The molecule has 1 N–H and O–H groups in total. The molecule has 0 saturated heterocycles. The van der Waals surface area contributed by atoms with Gasteiger partial charge in [-0.1, -0.05) is 26.0 Å². The van der Waals surface area contributed by atoms with Gasteiger partial charge in [-0.2, -0.15) is 0 Å². The van der Waals surface area contributed by atoms with Crippen LogP contribution < -0.4 is 5.32 Å². The molecule has 1 rings (SSSR count). The van der Waals surface area contributed by atoms with Gasteiger partial charge in [-0.3, -0.25) is 0 Å². The van der Waals surface area contributed by atoms with Gasteiger partial charge in [0.2, 0.25) is 0 Å². The fourth-order valence-corrected chi connectivity index (χ4v) is 2.04. The van der Waals surface area contributed by atoms with E-state index in [4.69, 9.17) is 4.74 Å². The van der Waals surface area contributed by atoms with Crippen LogP contribution in [0.2, 0.25) is 0 Å². The smallest absolute Gasteiger partial charge is 0.0757 e. The van der Waals surface area contributed by atoms with Crippen LogP contribution in [0, 0.1) is 0 Å². The average molecular weight is 268 g/mol. The molecule has 5 nitrogen and oxygen atoms in total. The van der Waals surface area contributed by atoms with Crippen molar-refractivity contribution in [1.82, 2.24) is 20.3 Å². The molecule has 1 aromatic heterocycles. The van der Waals surface area contributed by atoms with Crippen LogP contribution in [0.1, 0.15) is 58.2 Å². The summed E-state index contributed by atoms with van der Waals surface area (Å²) in [6.07, 6.45) is 6.12. The standard InChI is InChI=1S/C14H28N4O/c1-4-8-15-13(7-11-19-10-6-3)14-12-16-17-18(14)9-5-2/h12-13,15H,4-11H2,1-3H3. The molecule has 0 bridgehead atoms. The predicted octanol–water partition coefficient (Wildman–Crippen LogP) is 2.55. The summed E-state index contributed by atoms with van der Waals surface area (Å²) in [6, 6.07) is 0.290. The van der Waals surface area contributed by atoms with Crippen LogP contribution in [0.25, 0.3) is 0 Å². The van der Waals surface area contributed by atoms with Gasteiger partial charge < -0.3 is 10.1 Å². The van der Waals surface area contributed by atoms with Crippen LogP contribution in [-0.4, -0.2) is 34.8 Å². The summed E-state index contributed by atoms with van der Waals surface area (Å²) in [7, 11) is 0. The van der Waals surface area contributed by atoms with Gasteiger partial charge in [0.25, 0.3) is 0 Å². The Morgan fingerprint density at radius 3 is 2.74 bits per heavy atom. The zero-order chi connectivity index (χ0) is 13.9. The SMILES string of the molecule is CCCNC(CCOCCC)c1cnnn1CCC. The monoisotopic (exact) mass is 268 g/mol. The molecule has 110 valence electrons. The van der Waals surface area contributed by atoms with Crippen molar-refractivity contribution in [1.29, 1.82) is 0 Å². The lowest BCUT2D eigenvalue weighted by molar-refractivity contribution is 0.123. The normalized spacial score (nSPS) is 12.8. The van der Waals surface area contributed by atoms with Crippen molar-refractivity contribution in [2.75, 3.05) is 19.8 Å². The number of aryl methyl sites for hydroxylation is 1. The van der Waals surface area contributed by atoms with Crippen LogP contribution in [0.4, 0.5) is 0 Å². The first-order valence-corrected chi connectivity index (χ1v) is 7.52. The molecule has 0 saturated carbocycles. The summed E-state index contributed by atoms with van der Waals surface area (Å²) in [5, 5.41) is 11.8. The first-order chi connectivity index (χ1) is 9.33. The molecule has 0 spiro atoms. The zero-order valence-corrected chi connectivity index (χ0v) is 12.6. The molecule has 19 heavy (non-hydrogen) atoms. The second-order valence-electron chi connectivity index (χ2n) is 4.79. The fraction of sp³-hybridized carbons (Fsp3) is 0.857. The summed E-state index contributed by atoms with van der Waals surface area (Å²) in [5.74, 6) is 0. The molecule has 0 aromatic carbocycles. The molecule has 0 fully saturated rings. The summed E-state index contributed by atoms with van der Waals surface area (Å²) < 4.78 is 7.61. The van der Waals surface area contributed by atoms with E-state index in [0.29, 0.717) is 6.04 Å². The summed E-state index contributed by atoms with van der Waals surface area (Å²) in [5.41, 5.74) is 1.18. The summed E-state index contributed by atoms with van der Waals surface area (Å²) >= 11 is 0. The van der Waals surface area contributed by atoms with Crippen molar-refractivity contribution in [2.45, 2.75) is 59.0 Å². The lowest BCUT2D eigenvalue weighted by Crippen LogP contribution is -2.26. The average Bonchev–Trinajstić information content (AvgIpc) is 2.87. The number of aromatic nitrogens is 3. The van der Waals surface area contributed by atoms with E-state index in [2.05, 4.69) is 36.4 Å². The van der Waals surface area contributed by atoms with E-state index in [9.17, 15) is 0 Å². The Labute approximate surface area is 116 Å². The minimum atomic E-state index is 0.290. The maximum atomic E-state index is 5.60. The van der Waals surface area contributed by atoms with Crippen molar-refractivity contribution >= 4 is 0 Å². The van der Waals surface area contributed by atoms with Gasteiger partial charge in [-0.05, 0) is 32.2 Å². The Hall–Kier alpha value is -0.940. The molecule has 0 aliphatic rings. The Bertz CT molecular complexity index is 327. The molecule has 0 amide bonds. The number of hydrogen-bond donors (Lipinski definition) is 1. The van der Waals surface area contributed by atoms with Crippen LogP contribution >= 0.6 is 0 Å². The minimum absolute atomic E-state index is 0.290. The third-order valence-electron chi connectivity index (χ3n) is 2.98.